The summed E-state index contributed by atoms with van der Waals surface area (Å²) in [6.45, 7) is 2.27. The summed E-state index contributed by atoms with van der Waals surface area (Å²) in [7, 11) is 0. The maximum Gasteiger partial charge on any atom is 0.291 e. The number of carbonyl (C=O) groups is 2. The fraction of sp³-hybridized carbons (Fsp3) is 0.136. The van der Waals surface area contributed by atoms with Gasteiger partial charge in [0.15, 0.2) is 16.5 Å². The number of amides is 2. The average Bonchev–Trinajstić information content (AvgIpc) is 3.49. The van der Waals surface area contributed by atoms with E-state index in [4.69, 9.17) is 8.83 Å². The Morgan fingerprint density at radius 3 is 2.63 bits per heavy atom. The molecule has 0 fully saturated rings. The number of nitrogens with one attached hydrogen (secondary N) is 2. The monoisotopic (exact) mass is 421 g/mol. The molecular weight excluding hydrogens is 402 g/mol. The average molecular weight is 421 g/mol. The molecule has 8 heteroatoms. The molecule has 4 aromatic rings. The van der Waals surface area contributed by atoms with E-state index >= 15 is 0 Å². The largest absolute Gasteiger partial charge is 0.459 e. The van der Waals surface area contributed by atoms with Crippen molar-refractivity contribution in [2.24, 2.45) is 0 Å². The van der Waals surface area contributed by atoms with E-state index in [-0.39, 0.29) is 24.0 Å². The topological polar surface area (TPSA) is 97.4 Å². The number of benzene rings is 1. The highest BCUT2D eigenvalue weighted by Crippen LogP contribution is 2.25. The van der Waals surface area contributed by atoms with Gasteiger partial charge in [-0.3, -0.25) is 9.59 Å². The predicted octanol–water partition coefficient (Wildman–Crippen LogP) is 4.42. The molecule has 152 valence electrons. The van der Waals surface area contributed by atoms with E-state index in [2.05, 4.69) is 15.6 Å². The second-order valence-corrected chi connectivity index (χ2v) is 7.49. The smallest absolute Gasteiger partial charge is 0.291 e. The van der Waals surface area contributed by atoms with Gasteiger partial charge in [-0.05, 0) is 48.9 Å². The number of aryl methyl sites for hydroxylation is 1. The lowest BCUT2D eigenvalue weighted by Gasteiger charge is -2.07. The van der Waals surface area contributed by atoms with E-state index in [9.17, 15) is 9.59 Å². The van der Waals surface area contributed by atoms with Crippen LogP contribution in [-0.2, 0) is 17.8 Å². The third-order valence-electron chi connectivity index (χ3n) is 4.29. The highest BCUT2D eigenvalue weighted by atomic mass is 32.1. The Balaban J connectivity index is 1.27. The van der Waals surface area contributed by atoms with Crippen molar-refractivity contribution >= 4 is 28.8 Å². The molecule has 1 aromatic carbocycles. The van der Waals surface area contributed by atoms with Crippen molar-refractivity contribution in [3.63, 3.8) is 0 Å². The number of aromatic nitrogens is 1. The quantitative estimate of drug-likeness (QED) is 0.460. The van der Waals surface area contributed by atoms with Crippen molar-refractivity contribution in [3.8, 4) is 10.8 Å². The Kier molecular flexibility index (Phi) is 5.76. The molecule has 0 aliphatic heterocycles. The number of hydrogen-bond acceptors (Lipinski definition) is 6. The molecule has 0 aliphatic rings. The van der Waals surface area contributed by atoms with Crippen LogP contribution in [0.4, 0.5) is 5.69 Å². The van der Waals surface area contributed by atoms with Crippen molar-refractivity contribution in [2.45, 2.75) is 19.9 Å². The minimum Gasteiger partial charge on any atom is -0.459 e. The van der Waals surface area contributed by atoms with Gasteiger partial charge in [-0.1, -0.05) is 12.1 Å². The maximum absolute atomic E-state index is 12.2. The van der Waals surface area contributed by atoms with Crippen LogP contribution in [0.25, 0.3) is 10.8 Å². The summed E-state index contributed by atoms with van der Waals surface area (Å²) < 4.78 is 10.6. The second-order valence-electron chi connectivity index (χ2n) is 6.64. The van der Waals surface area contributed by atoms with E-state index in [0.717, 1.165) is 16.3 Å². The number of nitrogens with zero attached hydrogens (tertiary/aromatic N) is 1. The molecule has 0 saturated carbocycles. The lowest BCUT2D eigenvalue weighted by Crippen LogP contribution is -2.24. The van der Waals surface area contributed by atoms with E-state index in [1.165, 1.54) is 17.6 Å². The molecule has 0 unspecified atom stereocenters. The number of anilines is 1. The van der Waals surface area contributed by atoms with Gasteiger partial charge in [-0.25, -0.2) is 4.98 Å². The van der Waals surface area contributed by atoms with Crippen molar-refractivity contribution in [2.75, 3.05) is 5.32 Å². The number of rotatable bonds is 7. The van der Waals surface area contributed by atoms with Gasteiger partial charge in [0, 0.05) is 17.6 Å². The number of thiazole rings is 1. The fourth-order valence-electron chi connectivity index (χ4n) is 2.78. The molecule has 3 heterocycles. The number of carbonyl (C=O) groups excluding carboxylic acids is 2. The van der Waals surface area contributed by atoms with E-state index in [0.29, 0.717) is 23.7 Å². The Hall–Kier alpha value is -3.65. The first-order valence-corrected chi connectivity index (χ1v) is 10.2. The van der Waals surface area contributed by atoms with Gasteiger partial charge in [0.2, 0.25) is 5.91 Å². The van der Waals surface area contributed by atoms with Gasteiger partial charge in [0.05, 0.1) is 18.4 Å². The molecule has 0 spiro atoms. The zero-order valence-corrected chi connectivity index (χ0v) is 17.0. The molecule has 3 aromatic heterocycles. The van der Waals surface area contributed by atoms with Crippen LogP contribution in [0, 0.1) is 6.92 Å². The third-order valence-corrected chi connectivity index (χ3v) is 5.20. The first-order valence-electron chi connectivity index (χ1n) is 9.28. The van der Waals surface area contributed by atoms with Crippen LogP contribution in [0.15, 0.2) is 69.0 Å². The molecule has 0 radical (unpaired) electrons. The Morgan fingerprint density at radius 2 is 1.93 bits per heavy atom. The normalized spacial score (nSPS) is 10.7. The van der Waals surface area contributed by atoms with Crippen LogP contribution in [0.2, 0.25) is 0 Å². The zero-order valence-electron chi connectivity index (χ0n) is 16.2. The molecule has 0 bridgehead atoms. The van der Waals surface area contributed by atoms with Crippen LogP contribution in [-0.4, -0.2) is 16.8 Å². The van der Waals surface area contributed by atoms with E-state index in [1.54, 1.807) is 24.3 Å². The van der Waals surface area contributed by atoms with Gasteiger partial charge in [0.1, 0.15) is 5.76 Å². The van der Waals surface area contributed by atoms with Crippen LogP contribution in [0.5, 0.6) is 0 Å². The molecule has 7 nitrogen and oxygen atoms in total. The Labute approximate surface area is 176 Å². The molecule has 0 atom stereocenters. The maximum atomic E-state index is 12.2. The Bertz CT molecular complexity index is 1140. The standard InChI is InChI=1S/C22H19N3O4S/c1-14-4-9-19(29-14)22-25-17(13-30-22)11-20(26)23-12-15-5-7-16(8-6-15)24-21(27)18-3-2-10-28-18/h2-10,13H,11-12H2,1H3,(H,23,26)(H,24,27). The number of furan rings is 2. The minimum absolute atomic E-state index is 0.113. The SMILES string of the molecule is Cc1ccc(-c2nc(CC(=O)NCc3ccc(NC(=O)c4ccco4)cc3)cs2)o1. The summed E-state index contributed by atoms with van der Waals surface area (Å²) in [5.74, 6) is 1.36. The predicted molar refractivity (Wildman–Crippen MR) is 113 cm³/mol. The first-order chi connectivity index (χ1) is 14.6. The lowest BCUT2D eigenvalue weighted by atomic mass is 10.2. The molecule has 4 rings (SSSR count). The van der Waals surface area contributed by atoms with Crippen LogP contribution < -0.4 is 10.6 Å². The van der Waals surface area contributed by atoms with E-state index < -0.39 is 0 Å². The lowest BCUT2D eigenvalue weighted by molar-refractivity contribution is -0.120. The summed E-state index contributed by atoms with van der Waals surface area (Å²) in [5.41, 5.74) is 2.27. The van der Waals surface area contributed by atoms with Crippen LogP contribution in [0.3, 0.4) is 0 Å². The molecule has 2 amide bonds. The molecule has 30 heavy (non-hydrogen) atoms. The highest BCUT2D eigenvalue weighted by molar-refractivity contribution is 7.13. The molecule has 0 aliphatic carbocycles. The van der Waals surface area contributed by atoms with Crippen molar-refractivity contribution in [3.05, 3.63) is 83.0 Å². The summed E-state index contributed by atoms with van der Waals surface area (Å²) in [4.78, 5) is 28.7. The highest BCUT2D eigenvalue weighted by Gasteiger charge is 2.12. The zero-order chi connectivity index (χ0) is 20.9. The fourth-order valence-corrected chi connectivity index (χ4v) is 3.56. The van der Waals surface area contributed by atoms with Crippen LogP contribution >= 0.6 is 11.3 Å². The number of hydrogen-bond donors (Lipinski definition) is 2. The Morgan fingerprint density at radius 1 is 1.10 bits per heavy atom. The first kappa shape index (κ1) is 19.7. The van der Waals surface area contributed by atoms with Gasteiger partial charge >= 0.3 is 0 Å². The van der Waals surface area contributed by atoms with Crippen molar-refractivity contribution in [1.29, 1.82) is 0 Å². The molecule has 0 saturated heterocycles. The second kappa shape index (κ2) is 8.79. The van der Waals surface area contributed by atoms with Crippen molar-refractivity contribution < 1.29 is 18.4 Å². The molecular formula is C22H19N3O4S. The summed E-state index contributed by atoms with van der Waals surface area (Å²) in [5, 5.41) is 8.26. The van der Waals surface area contributed by atoms with Gasteiger partial charge in [-0.2, -0.15) is 0 Å². The minimum atomic E-state index is -0.312. The summed E-state index contributed by atoms with van der Waals surface area (Å²) in [6, 6.07) is 14.3. The molecule has 2 N–H and O–H groups in total. The third kappa shape index (κ3) is 4.84. The van der Waals surface area contributed by atoms with E-state index in [1.807, 2.05) is 36.6 Å². The van der Waals surface area contributed by atoms with Crippen LogP contribution in [0.1, 0.15) is 27.6 Å². The summed E-state index contributed by atoms with van der Waals surface area (Å²) >= 11 is 1.45. The summed E-state index contributed by atoms with van der Waals surface area (Å²) in [6.07, 6.45) is 1.65. The van der Waals surface area contributed by atoms with Gasteiger partial charge in [-0.15, -0.1) is 11.3 Å². The van der Waals surface area contributed by atoms with Crippen molar-refractivity contribution in [1.82, 2.24) is 10.3 Å². The van der Waals surface area contributed by atoms with Gasteiger partial charge < -0.3 is 19.5 Å². The van der Waals surface area contributed by atoms with Gasteiger partial charge in [0.25, 0.3) is 5.91 Å².